The van der Waals surface area contributed by atoms with Crippen LogP contribution in [0, 0.1) is 6.92 Å². The van der Waals surface area contributed by atoms with E-state index >= 15 is 0 Å². The maximum Gasteiger partial charge on any atom is 0.258 e. The van der Waals surface area contributed by atoms with Crippen molar-refractivity contribution >= 4 is 17.2 Å². The first kappa shape index (κ1) is 19.8. The molecular formula is C27H29N3O. The molecule has 0 bridgehead atoms. The van der Waals surface area contributed by atoms with Crippen LogP contribution in [0.1, 0.15) is 58.9 Å². The highest BCUT2D eigenvalue weighted by atomic mass is 16.2. The summed E-state index contributed by atoms with van der Waals surface area (Å²) in [4.78, 5) is 15.6. The zero-order valence-corrected chi connectivity index (χ0v) is 18.3. The monoisotopic (exact) mass is 411 g/mol. The van der Waals surface area contributed by atoms with E-state index in [0.29, 0.717) is 6.54 Å². The van der Waals surface area contributed by atoms with Crippen molar-refractivity contribution in [3.8, 4) is 0 Å². The molecule has 4 nitrogen and oxygen atoms in total. The summed E-state index contributed by atoms with van der Waals surface area (Å²) in [7, 11) is 0. The van der Waals surface area contributed by atoms with Gasteiger partial charge < -0.3 is 15.2 Å². The number of fused-ring (bicyclic) bond motifs is 2. The summed E-state index contributed by atoms with van der Waals surface area (Å²) in [5.41, 5.74) is 15.4. The van der Waals surface area contributed by atoms with Gasteiger partial charge in [-0.05, 0) is 85.7 Å². The molecule has 0 saturated heterocycles. The molecule has 5 rings (SSSR count). The number of amides is 1. The minimum Gasteiger partial charge on any atom is -0.345 e. The average Bonchev–Trinajstić information content (AvgIpc) is 3.14. The van der Waals surface area contributed by atoms with Gasteiger partial charge >= 0.3 is 0 Å². The third kappa shape index (κ3) is 3.51. The molecule has 158 valence electrons. The van der Waals surface area contributed by atoms with Gasteiger partial charge in [0.05, 0.1) is 6.54 Å². The zero-order valence-electron chi connectivity index (χ0n) is 18.3. The molecule has 1 aliphatic heterocycles. The predicted molar refractivity (Wildman–Crippen MR) is 126 cm³/mol. The largest absolute Gasteiger partial charge is 0.345 e. The van der Waals surface area contributed by atoms with Gasteiger partial charge in [0, 0.05) is 35.7 Å². The van der Waals surface area contributed by atoms with E-state index in [1.807, 2.05) is 29.2 Å². The van der Waals surface area contributed by atoms with E-state index in [4.69, 9.17) is 5.73 Å². The summed E-state index contributed by atoms with van der Waals surface area (Å²) in [5.74, 6) is 0.0443. The number of rotatable bonds is 2. The minimum atomic E-state index is 0.0443. The summed E-state index contributed by atoms with van der Waals surface area (Å²) in [5, 5.41) is 0. The second-order valence-electron chi connectivity index (χ2n) is 8.84. The standard InChI is InChI=1S/C27H29N3O/c1-18-15-20(12-13-23(18)24-9-5-10-25(28)19(24)2)27(31)30-17-22-8-6-14-29(22)16-21-7-3-4-11-26(21)30/h3-4,6-8,11-15,25H,5,9-10,16-17,28H2,1-2H3. The fourth-order valence-electron chi connectivity index (χ4n) is 5.04. The number of nitrogens with zero attached hydrogens (tertiary/aromatic N) is 2. The minimum absolute atomic E-state index is 0.0443. The predicted octanol–water partition coefficient (Wildman–Crippen LogP) is 5.29. The molecule has 1 aliphatic carbocycles. The lowest BCUT2D eigenvalue weighted by molar-refractivity contribution is 0.0985. The molecule has 4 heteroatoms. The van der Waals surface area contributed by atoms with Crippen LogP contribution >= 0.6 is 0 Å². The Kier molecular flexibility index (Phi) is 5.03. The van der Waals surface area contributed by atoms with Gasteiger partial charge in [-0.3, -0.25) is 4.79 Å². The van der Waals surface area contributed by atoms with Gasteiger partial charge in [-0.1, -0.05) is 29.8 Å². The van der Waals surface area contributed by atoms with Gasteiger partial charge in [0.15, 0.2) is 0 Å². The Labute approximate surface area is 184 Å². The van der Waals surface area contributed by atoms with Crippen molar-refractivity contribution in [2.45, 2.75) is 52.2 Å². The number of nitrogens with two attached hydrogens (primary N) is 1. The van der Waals surface area contributed by atoms with Crippen molar-refractivity contribution in [1.82, 2.24) is 4.57 Å². The molecule has 1 atom stereocenters. The van der Waals surface area contributed by atoms with E-state index in [2.05, 4.69) is 54.9 Å². The molecular weight excluding hydrogens is 382 g/mol. The molecule has 0 fully saturated rings. The van der Waals surface area contributed by atoms with Crippen LogP contribution in [0.25, 0.3) is 5.57 Å². The topological polar surface area (TPSA) is 51.3 Å². The molecule has 3 aromatic rings. The quantitative estimate of drug-likeness (QED) is 0.623. The van der Waals surface area contributed by atoms with E-state index in [9.17, 15) is 4.79 Å². The molecule has 1 amide bonds. The van der Waals surface area contributed by atoms with Crippen LogP contribution in [0.4, 0.5) is 5.69 Å². The number of hydrogen-bond acceptors (Lipinski definition) is 2. The van der Waals surface area contributed by atoms with Gasteiger partial charge in [0.1, 0.15) is 0 Å². The van der Waals surface area contributed by atoms with Gasteiger partial charge in [0.25, 0.3) is 5.91 Å². The lowest BCUT2D eigenvalue weighted by Crippen LogP contribution is -2.30. The maximum absolute atomic E-state index is 13.7. The molecule has 2 aromatic carbocycles. The van der Waals surface area contributed by atoms with Crippen molar-refractivity contribution in [3.63, 3.8) is 0 Å². The van der Waals surface area contributed by atoms with E-state index in [0.717, 1.165) is 53.9 Å². The van der Waals surface area contributed by atoms with Crippen LogP contribution in [0.2, 0.25) is 0 Å². The Bertz CT molecular complexity index is 1190. The third-order valence-electron chi connectivity index (χ3n) is 6.88. The smallest absolute Gasteiger partial charge is 0.258 e. The number of aromatic nitrogens is 1. The molecule has 2 aliphatic rings. The summed E-state index contributed by atoms with van der Waals surface area (Å²) in [6, 6.07) is 18.7. The Morgan fingerprint density at radius 1 is 1.03 bits per heavy atom. The van der Waals surface area contributed by atoms with Crippen LogP contribution in [-0.4, -0.2) is 16.5 Å². The first-order valence-corrected chi connectivity index (χ1v) is 11.1. The number of carbonyl (C=O) groups excluding carboxylic acids is 1. The highest BCUT2D eigenvalue weighted by Gasteiger charge is 2.25. The second kappa shape index (κ2) is 7.86. The number of benzene rings is 2. The normalized spacial score (nSPS) is 18.4. The molecule has 31 heavy (non-hydrogen) atoms. The number of allylic oxidation sites excluding steroid dienone is 1. The van der Waals surface area contributed by atoms with Crippen molar-refractivity contribution in [3.05, 3.63) is 94.3 Å². The average molecular weight is 412 g/mol. The van der Waals surface area contributed by atoms with Gasteiger partial charge in [-0.2, -0.15) is 0 Å². The van der Waals surface area contributed by atoms with E-state index in [1.54, 1.807) is 0 Å². The lowest BCUT2D eigenvalue weighted by Gasteiger charge is -2.26. The van der Waals surface area contributed by atoms with E-state index < -0.39 is 0 Å². The first-order valence-electron chi connectivity index (χ1n) is 11.1. The zero-order chi connectivity index (χ0) is 21.5. The molecule has 2 N–H and O–H groups in total. The van der Waals surface area contributed by atoms with Gasteiger partial charge in [-0.15, -0.1) is 0 Å². The summed E-state index contributed by atoms with van der Waals surface area (Å²) in [6.45, 7) is 5.62. The van der Waals surface area contributed by atoms with E-state index in [1.165, 1.54) is 16.7 Å². The molecule has 2 heterocycles. The Morgan fingerprint density at radius 3 is 2.71 bits per heavy atom. The van der Waals surface area contributed by atoms with Gasteiger partial charge in [0.2, 0.25) is 0 Å². The second-order valence-corrected chi connectivity index (χ2v) is 8.84. The summed E-state index contributed by atoms with van der Waals surface area (Å²) >= 11 is 0. The van der Waals surface area contributed by atoms with Crippen LogP contribution in [0.5, 0.6) is 0 Å². The highest BCUT2D eigenvalue weighted by molar-refractivity contribution is 6.06. The molecule has 0 spiro atoms. The van der Waals surface area contributed by atoms with Crippen LogP contribution in [0.3, 0.4) is 0 Å². The maximum atomic E-state index is 13.7. The fraction of sp³-hybridized carbons (Fsp3) is 0.296. The van der Waals surface area contributed by atoms with Crippen molar-refractivity contribution in [1.29, 1.82) is 0 Å². The van der Waals surface area contributed by atoms with Crippen molar-refractivity contribution in [2.75, 3.05) is 4.90 Å². The highest BCUT2D eigenvalue weighted by Crippen LogP contribution is 2.34. The van der Waals surface area contributed by atoms with Crippen molar-refractivity contribution < 1.29 is 4.79 Å². The Hall–Kier alpha value is -3.11. The SMILES string of the molecule is CC1=C(c2ccc(C(=O)N3Cc4cccn4Cc4ccccc43)cc2C)CCCC1N. The Balaban J connectivity index is 1.52. The Morgan fingerprint density at radius 2 is 1.87 bits per heavy atom. The summed E-state index contributed by atoms with van der Waals surface area (Å²) in [6.07, 6.45) is 5.33. The fourth-order valence-corrected chi connectivity index (χ4v) is 5.04. The van der Waals surface area contributed by atoms with Crippen LogP contribution in [-0.2, 0) is 13.1 Å². The third-order valence-corrected chi connectivity index (χ3v) is 6.88. The van der Waals surface area contributed by atoms with Crippen LogP contribution < -0.4 is 10.6 Å². The number of hydrogen-bond donors (Lipinski definition) is 1. The summed E-state index contributed by atoms with van der Waals surface area (Å²) < 4.78 is 2.22. The molecule has 0 radical (unpaired) electrons. The molecule has 0 saturated carbocycles. The molecule has 1 unspecified atom stereocenters. The number of carbonyl (C=O) groups is 1. The number of aryl methyl sites for hydroxylation is 1. The molecule has 1 aromatic heterocycles. The number of anilines is 1. The van der Waals surface area contributed by atoms with Gasteiger partial charge in [-0.25, -0.2) is 0 Å². The number of para-hydroxylation sites is 1. The lowest BCUT2D eigenvalue weighted by atomic mass is 9.83. The van der Waals surface area contributed by atoms with E-state index in [-0.39, 0.29) is 11.9 Å². The first-order chi connectivity index (χ1) is 15.0. The van der Waals surface area contributed by atoms with Crippen LogP contribution in [0.15, 0.2) is 66.4 Å². The van der Waals surface area contributed by atoms with Crippen molar-refractivity contribution in [2.24, 2.45) is 5.73 Å².